The van der Waals surface area contributed by atoms with E-state index in [0.29, 0.717) is 11.3 Å². The van der Waals surface area contributed by atoms with Gasteiger partial charge in [0, 0.05) is 21.7 Å². The number of benzene rings is 2. The number of halogens is 1. The molecule has 0 aromatic heterocycles. The first kappa shape index (κ1) is 21.0. The van der Waals surface area contributed by atoms with Crippen LogP contribution in [-0.2, 0) is 20.7 Å². The van der Waals surface area contributed by atoms with Crippen LogP contribution in [0.25, 0.3) is 0 Å². The van der Waals surface area contributed by atoms with E-state index in [1.54, 1.807) is 24.3 Å². The molecule has 1 N–H and O–H groups in total. The lowest BCUT2D eigenvalue weighted by molar-refractivity contribution is -0.385. The Morgan fingerprint density at radius 2 is 2.04 bits per heavy atom. The molecule has 0 fully saturated rings. The molecule has 2 aromatic rings. The molecule has 0 heterocycles. The van der Waals surface area contributed by atoms with Crippen LogP contribution in [0.4, 0.5) is 5.69 Å². The summed E-state index contributed by atoms with van der Waals surface area (Å²) in [6.45, 7) is -0.275. The number of nitrogens with one attached hydrogen (secondary N) is 1. The van der Waals surface area contributed by atoms with Gasteiger partial charge in [0.1, 0.15) is 5.75 Å². The minimum atomic E-state index is -0.543. The van der Waals surface area contributed by atoms with Gasteiger partial charge >= 0.3 is 5.97 Å². The summed E-state index contributed by atoms with van der Waals surface area (Å²) < 4.78 is 10.6. The highest BCUT2D eigenvalue weighted by molar-refractivity contribution is 9.10. The number of ether oxygens (including phenoxy) is 2. The molecule has 2 aromatic carbocycles. The van der Waals surface area contributed by atoms with Crippen LogP contribution in [-0.4, -0.2) is 36.7 Å². The van der Waals surface area contributed by atoms with Gasteiger partial charge in [-0.1, -0.05) is 34.1 Å². The summed E-state index contributed by atoms with van der Waals surface area (Å²) in [5, 5.41) is 14.8. The number of carbonyl (C=O) groups is 2. The van der Waals surface area contributed by atoms with Crippen molar-refractivity contribution < 1.29 is 24.0 Å². The summed E-state index contributed by atoms with van der Waals surface area (Å²) in [7, 11) is 1.25. The van der Waals surface area contributed by atoms with Gasteiger partial charge < -0.3 is 9.47 Å². The number of hydrazone groups is 1. The Hall–Kier alpha value is -3.27. The highest BCUT2D eigenvalue weighted by Gasteiger charge is 2.15. The summed E-state index contributed by atoms with van der Waals surface area (Å²) in [6.07, 6.45) is 1.15. The molecule has 0 aliphatic heterocycles. The standard InChI is InChI=1S/C18H16BrN3O6/c1-27-18(24)11-28-16-7-6-14(19)8-13(16)10-20-21-17(23)9-12-4-2-3-5-15(12)22(25)26/h2-8,10H,9,11H2,1H3,(H,21,23). The number of nitro benzene ring substituents is 1. The molecule has 2 rings (SSSR count). The van der Waals surface area contributed by atoms with Gasteiger partial charge in [0.05, 0.1) is 24.7 Å². The lowest BCUT2D eigenvalue weighted by Gasteiger charge is -2.08. The van der Waals surface area contributed by atoms with Gasteiger partial charge in [-0.3, -0.25) is 14.9 Å². The van der Waals surface area contributed by atoms with Gasteiger partial charge in [0.25, 0.3) is 5.69 Å². The van der Waals surface area contributed by atoms with Crippen molar-refractivity contribution in [2.75, 3.05) is 13.7 Å². The first-order valence-corrected chi connectivity index (χ1v) is 8.73. The molecule has 0 saturated heterocycles. The number of amides is 1. The molecule has 0 aliphatic carbocycles. The van der Waals surface area contributed by atoms with Crippen LogP contribution in [0.5, 0.6) is 5.75 Å². The number of carbonyl (C=O) groups excluding carboxylic acids is 2. The average Bonchev–Trinajstić information content (AvgIpc) is 2.67. The highest BCUT2D eigenvalue weighted by atomic mass is 79.9. The quantitative estimate of drug-likeness (QED) is 0.286. The third-order valence-electron chi connectivity index (χ3n) is 3.48. The lowest BCUT2D eigenvalue weighted by atomic mass is 10.1. The molecule has 0 radical (unpaired) electrons. The third-order valence-corrected chi connectivity index (χ3v) is 3.97. The molecule has 10 heteroatoms. The fraction of sp³-hybridized carbons (Fsp3) is 0.167. The maximum Gasteiger partial charge on any atom is 0.343 e. The zero-order valence-corrected chi connectivity index (χ0v) is 16.3. The predicted octanol–water partition coefficient (Wildman–Crippen LogP) is 2.60. The number of nitrogens with zero attached hydrogens (tertiary/aromatic N) is 2. The Morgan fingerprint density at radius 1 is 1.29 bits per heavy atom. The van der Waals surface area contributed by atoms with E-state index in [2.05, 4.69) is 31.2 Å². The Bertz CT molecular complexity index is 916. The van der Waals surface area contributed by atoms with E-state index in [4.69, 9.17) is 4.74 Å². The Labute approximate surface area is 168 Å². The number of hydrogen-bond donors (Lipinski definition) is 1. The molecule has 146 valence electrons. The summed E-state index contributed by atoms with van der Waals surface area (Å²) >= 11 is 3.32. The van der Waals surface area contributed by atoms with Gasteiger partial charge in [-0.05, 0) is 18.2 Å². The summed E-state index contributed by atoms with van der Waals surface area (Å²) in [4.78, 5) is 33.7. The largest absolute Gasteiger partial charge is 0.481 e. The smallest absolute Gasteiger partial charge is 0.343 e. The van der Waals surface area contributed by atoms with Crippen LogP contribution >= 0.6 is 15.9 Å². The van der Waals surface area contributed by atoms with Crippen LogP contribution in [0, 0.1) is 10.1 Å². The second kappa shape index (κ2) is 10.2. The maximum atomic E-state index is 12.0. The Morgan fingerprint density at radius 3 is 2.75 bits per heavy atom. The van der Waals surface area contributed by atoms with E-state index in [-0.39, 0.29) is 24.3 Å². The number of methoxy groups -OCH3 is 1. The van der Waals surface area contributed by atoms with Gasteiger partial charge in [-0.15, -0.1) is 0 Å². The first-order valence-electron chi connectivity index (χ1n) is 7.94. The number of esters is 1. The van der Waals surface area contributed by atoms with Crippen molar-refractivity contribution in [2.45, 2.75) is 6.42 Å². The highest BCUT2D eigenvalue weighted by Crippen LogP contribution is 2.22. The molecular formula is C18H16BrN3O6. The molecule has 9 nitrogen and oxygen atoms in total. The zero-order valence-electron chi connectivity index (χ0n) is 14.8. The van der Waals surface area contributed by atoms with Gasteiger partial charge in [0.2, 0.25) is 5.91 Å². The second-order valence-corrected chi connectivity index (χ2v) is 6.32. The van der Waals surface area contributed by atoms with Crippen molar-refractivity contribution in [3.8, 4) is 5.75 Å². The van der Waals surface area contributed by atoms with Gasteiger partial charge in [0.15, 0.2) is 6.61 Å². The zero-order chi connectivity index (χ0) is 20.5. The molecule has 0 spiro atoms. The van der Waals surface area contributed by atoms with Crippen molar-refractivity contribution in [3.05, 3.63) is 68.2 Å². The maximum absolute atomic E-state index is 12.0. The molecule has 0 unspecified atom stereocenters. The fourth-order valence-corrected chi connectivity index (χ4v) is 2.55. The molecule has 28 heavy (non-hydrogen) atoms. The number of rotatable bonds is 8. The van der Waals surface area contributed by atoms with E-state index in [1.165, 1.54) is 31.5 Å². The third kappa shape index (κ3) is 6.16. The van der Waals surface area contributed by atoms with Crippen LogP contribution in [0.2, 0.25) is 0 Å². The molecule has 0 aliphatic rings. The summed E-state index contributed by atoms with van der Waals surface area (Å²) in [5.74, 6) is -0.688. The lowest BCUT2D eigenvalue weighted by Crippen LogP contribution is -2.20. The minimum absolute atomic E-state index is 0.132. The minimum Gasteiger partial charge on any atom is -0.481 e. The van der Waals surface area contributed by atoms with Crippen molar-refractivity contribution in [1.82, 2.24) is 5.43 Å². The average molecular weight is 450 g/mol. The monoisotopic (exact) mass is 449 g/mol. The molecule has 0 bridgehead atoms. The summed E-state index contributed by atoms with van der Waals surface area (Å²) in [6, 6.07) is 11.0. The van der Waals surface area contributed by atoms with Crippen molar-refractivity contribution in [3.63, 3.8) is 0 Å². The van der Waals surface area contributed by atoms with E-state index in [9.17, 15) is 19.7 Å². The van der Waals surface area contributed by atoms with Crippen molar-refractivity contribution in [2.24, 2.45) is 5.10 Å². The normalized spacial score (nSPS) is 10.5. The summed E-state index contributed by atoms with van der Waals surface area (Å²) in [5.41, 5.74) is 2.97. The Kier molecular flexibility index (Phi) is 7.64. The number of hydrogen-bond acceptors (Lipinski definition) is 7. The van der Waals surface area contributed by atoms with E-state index >= 15 is 0 Å². The van der Waals surface area contributed by atoms with Gasteiger partial charge in [-0.2, -0.15) is 5.10 Å². The SMILES string of the molecule is COC(=O)COc1ccc(Br)cc1C=NNC(=O)Cc1ccccc1[N+](=O)[O-]. The molecule has 0 saturated carbocycles. The van der Waals surface area contributed by atoms with Crippen molar-refractivity contribution in [1.29, 1.82) is 0 Å². The van der Waals surface area contributed by atoms with Crippen LogP contribution < -0.4 is 10.2 Å². The molecule has 1 amide bonds. The molecule has 0 atom stereocenters. The van der Waals surface area contributed by atoms with Crippen LogP contribution in [0.3, 0.4) is 0 Å². The Balaban J connectivity index is 2.04. The fourth-order valence-electron chi connectivity index (χ4n) is 2.17. The van der Waals surface area contributed by atoms with Crippen LogP contribution in [0.15, 0.2) is 52.0 Å². The van der Waals surface area contributed by atoms with Crippen molar-refractivity contribution >= 4 is 39.7 Å². The number of para-hydroxylation sites is 1. The van der Waals surface area contributed by atoms with E-state index in [1.807, 2.05) is 0 Å². The van der Waals surface area contributed by atoms with Gasteiger partial charge in [-0.25, -0.2) is 10.2 Å². The van der Waals surface area contributed by atoms with E-state index in [0.717, 1.165) is 4.47 Å². The topological polar surface area (TPSA) is 120 Å². The number of nitro groups is 1. The molecular weight excluding hydrogens is 434 g/mol. The first-order chi connectivity index (χ1) is 13.4. The van der Waals surface area contributed by atoms with E-state index < -0.39 is 16.8 Å². The second-order valence-electron chi connectivity index (χ2n) is 5.40. The van der Waals surface area contributed by atoms with Crippen LogP contribution in [0.1, 0.15) is 11.1 Å². The predicted molar refractivity (Wildman–Crippen MR) is 104 cm³/mol.